The molecule has 0 heterocycles. The van der Waals surface area contributed by atoms with Crippen LogP contribution in [0.1, 0.15) is 13.8 Å². The molecule has 0 unspecified atom stereocenters. The van der Waals surface area contributed by atoms with E-state index in [0.29, 0.717) is 18.0 Å². The van der Waals surface area contributed by atoms with Crippen molar-refractivity contribution in [1.29, 1.82) is 0 Å². The van der Waals surface area contributed by atoms with Gasteiger partial charge in [-0.2, -0.15) is 0 Å². The number of sulfonamides is 1. The van der Waals surface area contributed by atoms with E-state index in [9.17, 15) is 8.42 Å². The Balaban J connectivity index is 2.50. The zero-order chi connectivity index (χ0) is 15.2. The number of hydrogen-bond acceptors (Lipinski definition) is 5. The van der Waals surface area contributed by atoms with Crippen LogP contribution in [0.3, 0.4) is 0 Å². The maximum absolute atomic E-state index is 11.9. The summed E-state index contributed by atoms with van der Waals surface area (Å²) in [5.41, 5.74) is 5.54. The molecule has 0 bridgehead atoms. The Morgan fingerprint density at radius 3 is 2.55 bits per heavy atom. The minimum absolute atomic E-state index is 0.0343. The van der Waals surface area contributed by atoms with Crippen molar-refractivity contribution in [1.82, 2.24) is 4.72 Å². The second-order valence-electron chi connectivity index (χ2n) is 5.12. The number of nitrogens with one attached hydrogen (secondary N) is 1. The summed E-state index contributed by atoms with van der Waals surface area (Å²) < 4.78 is 36.7. The van der Waals surface area contributed by atoms with Crippen molar-refractivity contribution >= 4 is 15.7 Å². The number of para-hydroxylation sites is 2. The topological polar surface area (TPSA) is 90.6 Å². The summed E-state index contributed by atoms with van der Waals surface area (Å²) >= 11 is 0. The van der Waals surface area contributed by atoms with Gasteiger partial charge >= 0.3 is 0 Å². The van der Waals surface area contributed by atoms with Gasteiger partial charge in [0.25, 0.3) is 0 Å². The number of benzene rings is 1. The summed E-state index contributed by atoms with van der Waals surface area (Å²) in [6.45, 7) is 3.83. The molecule has 114 valence electrons. The summed E-state index contributed by atoms with van der Waals surface area (Å²) in [5, 5.41) is 0. The summed E-state index contributed by atoms with van der Waals surface area (Å²) in [4.78, 5) is 0. The average molecular weight is 302 g/mol. The molecular weight excluding hydrogens is 280 g/mol. The van der Waals surface area contributed by atoms with Gasteiger partial charge in [-0.15, -0.1) is 0 Å². The molecule has 0 aromatic heterocycles. The molecule has 1 rings (SSSR count). The van der Waals surface area contributed by atoms with Crippen molar-refractivity contribution in [3.63, 3.8) is 0 Å². The first-order valence-corrected chi connectivity index (χ1v) is 7.89. The third kappa shape index (κ3) is 5.77. The fraction of sp³-hybridized carbons (Fsp3) is 0.538. The van der Waals surface area contributed by atoms with Crippen LogP contribution < -0.4 is 15.2 Å². The van der Waals surface area contributed by atoms with E-state index in [1.807, 2.05) is 0 Å². The number of hydrogen-bond donors (Lipinski definition) is 2. The molecule has 7 heteroatoms. The zero-order valence-corrected chi connectivity index (χ0v) is 12.9. The van der Waals surface area contributed by atoms with Gasteiger partial charge < -0.3 is 15.2 Å². The molecule has 1 aromatic rings. The molecule has 0 aliphatic carbocycles. The lowest BCUT2D eigenvalue weighted by atomic mass is 10.1. The fourth-order valence-corrected chi connectivity index (χ4v) is 3.04. The van der Waals surface area contributed by atoms with Crippen LogP contribution >= 0.6 is 0 Å². The van der Waals surface area contributed by atoms with Crippen LogP contribution in [0, 0.1) is 0 Å². The predicted octanol–water partition coefficient (Wildman–Crippen LogP) is 0.992. The van der Waals surface area contributed by atoms with Crippen molar-refractivity contribution in [2.24, 2.45) is 0 Å². The van der Waals surface area contributed by atoms with Gasteiger partial charge in [0.1, 0.15) is 12.4 Å². The molecule has 0 fully saturated rings. The monoisotopic (exact) mass is 302 g/mol. The van der Waals surface area contributed by atoms with E-state index in [1.54, 1.807) is 38.1 Å². The number of rotatable bonds is 8. The van der Waals surface area contributed by atoms with Crippen molar-refractivity contribution in [2.75, 3.05) is 31.8 Å². The Labute approximate surface area is 120 Å². The molecule has 0 radical (unpaired) electrons. The van der Waals surface area contributed by atoms with Crippen LogP contribution in [0.15, 0.2) is 24.3 Å². The summed E-state index contributed by atoms with van der Waals surface area (Å²) in [6, 6.07) is 6.96. The maximum Gasteiger partial charge on any atom is 0.215 e. The highest BCUT2D eigenvalue weighted by molar-refractivity contribution is 7.89. The van der Waals surface area contributed by atoms with Gasteiger partial charge in [0.15, 0.2) is 0 Å². The van der Waals surface area contributed by atoms with Crippen molar-refractivity contribution in [3.8, 4) is 5.75 Å². The highest BCUT2D eigenvalue weighted by atomic mass is 32.2. The third-order valence-corrected chi connectivity index (χ3v) is 4.03. The second-order valence-corrected chi connectivity index (χ2v) is 6.97. The van der Waals surface area contributed by atoms with Gasteiger partial charge in [0.2, 0.25) is 10.0 Å². The molecule has 6 nitrogen and oxygen atoms in total. The van der Waals surface area contributed by atoms with Gasteiger partial charge in [-0.3, -0.25) is 0 Å². The van der Waals surface area contributed by atoms with Gasteiger partial charge in [-0.25, -0.2) is 13.1 Å². The van der Waals surface area contributed by atoms with Crippen LogP contribution in [0.25, 0.3) is 0 Å². The smallest absolute Gasteiger partial charge is 0.215 e. The quantitative estimate of drug-likeness (QED) is 0.699. The lowest BCUT2D eigenvalue weighted by Crippen LogP contribution is -2.48. The summed E-state index contributed by atoms with van der Waals surface area (Å²) in [7, 11) is -1.92. The Bertz CT molecular complexity index is 529. The van der Waals surface area contributed by atoms with Crippen molar-refractivity contribution < 1.29 is 17.9 Å². The lowest BCUT2D eigenvalue weighted by Gasteiger charge is -2.24. The number of anilines is 1. The van der Waals surface area contributed by atoms with Crippen molar-refractivity contribution in [3.05, 3.63) is 24.3 Å². The standard InChI is InChI=1S/C13H22N2O4S/c1-13(2,10-18-3)15-20(16,17)9-8-19-12-7-5-4-6-11(12)14/h4-7,15H,8-10,14H2,1-3H3. The molecule has 0 saturated carbocycles. The van der Waals surface area contributed by atoms with E-state index in [2.05, 4.69) is 4.72 Å². The zero-order valence-electron chi connectivity index (χ0n) is 12.0. The minimum Gasteiger partial charge on any atom is -0.490 e. The van der Waals surface area contributed by atoms with Crippen LogP contribution in [-0.4, -0.2) is 40.0 Å². The Morgan fingerprint density at radius 2 is 1.95 bits per heavy atom. The number of methoxy groups -OCH3 is 1. The van der Waals surface area contributed by atoms with Crippen molar-refractivity contribution in [2.45, 2.75) is 19.4 Å². The third-order valence-electron chi connectivity index (χ3n) is 2.47. The second kappa shape index (κ2) is 6.92. The van der Waals surface area contributed by atoms with E-state index in [0.717, 1.165) is 0 Å². The molecule has 0 saturated heterocycles. The van der Waals surface area contributed by atoms with Crippen LogP contribution in [-0.2, 0) is 14.8 Å². The van der Waals surface area contributed by atoms with E-state index >= 15 is 0 Å². The molecule has 0 aliphatic rings. The molecule has 0 aliphatic heterocycles. The molecule has 0 amide bonds. The first-order valence-electron chi connectivity index (χ1n) is 6.24. The van der Waals surface area contributed by atoms with E-state index in [-0.39, 0.29) is 12.4 Å². The van der Waals surface area contributed by atoms with Crippen LogP contribution in [0.4, 0.5) is 5.69 Å². The predicted molar refractivity (Wildman–Crippen MR) is 79.2 cm³/mol. The fourth-order valence-electron chi connectivity index (χ4n) is 1.74. The van der Waals surface area contributed by atoms with Gasteiger partial charge in [-0.05, 0) is 26.0 Å². The van der Waals surface area contributed by atoms with E-state index in [4.69, 9.17) is 15.2 Å². The van der Waals surface area contributed by atoms with Gasteiger partial charge in [-0.1, -0.05) is 12.1 Å². The average Bonchev–Trinajstić information content (AvgIpc) is 2.29. The Morgan fingerprint density at radius 1 is 1.30 bits per heavy atom. The van der Waals surface area contributed by atoms with Gasteiger partial charge in [0, 0.05) is 7.11 Å². The van der Waals surface area contributed by atoms with E-state index < -0.39 is 15.6 Å². The molecule has 3 N–H and O–H groups in total. The number of ether oxygens (including phenoxy) is 2. The van der Waals surface area contributed by atoms with Crippen LogP contribution in [0.2, 0.25) is 0 Å². The first-order chi connectivity index (χ1) is 9.26. The maximum atomic E-state index is 11.9. The van der Waals surface area contributed by atoms with Gasteiger partial charge in [0.05, 0.1) is 23.6 Å². The highest BCUT2D eigenvalue weighted by Crippen LogP contribution is 2.19. The summed E-state index contributed by atoms with van der Waals surface area (Å²) in [5.74, 6) is 0.341. The summed E-state index contributed by atoms with van der Waals surface area (Å²) in [6.07, 6.45) is 0. The largest absolute Gasteiger partial charge is 0.490 e. The van der Waals surface area contributed by atoms with E-state index in [1.165, 1.54) is 7.11 Å². The molecule has 20 heavy (non-hydrogen) atoms. The molecule has 0 spiro atoms. The Hall–Kier alpha value is -1.31. The molecular formula is C13H22N2O4S. The Kier molecular flexibility index (Phi) is 5.79. The number of nitrogen functional groups attached to an aromatic ring is 1. The minimum atomic E-state index is -3.44. The van der Waals surface area contributed by atoms with Crippen LogP contribution in [0.5, 0.6) is 5.75 Å². The highest BCUT2D eigenvalue weighted by Gasteiger charge is 2.24. The first kappa shape index (κ1) is 16.7. The number of nitrogens with two attached hydrogens (primary N) is 1. The molecule has 0 atom stereocenters. The lowest BCUT2D eigenvalue weighted by molar-refractivity contribution is 0.141. The molecule has 1 aromatic carbocycles. The normalized spacial score (nSPS) is 12.3. The SMILES string of the molecule is COCC(C)(C)NS(=O)(=O)CCOc1ccccc1N.